The van der Waals surface area contributed by atoms with Crippen LogP contribution in [0, 0.1) is 0 Å². The summed E-state index contributed by atoms with van der Waals surface area (Å²) >= 11 is 0. The van der Waals surface area contributed by atoms with Gasteiger partial charge in [-0.25, -0.2) is 0 Å². The summed E-state index contributed by atoms with van der Waals surface area (Å²) in [7, 11) is 1.67. The molecule has 0 aromatic carbocycles. The molecule has 5 heteroatoms. The lowest BCUT2D eigenvalue weighted by molar-refractivity contribution is 0.180. The molecule has 0 fully saturated rings. The second-order valence-electron chi connectivity index (χ2n) is 3.37. The van der Waals surface area contributed by atoms with Crippen molar-refractivity contribution in [1.29, 1.82) is 0 Å². The van der Waals surface area contributed by atoms with E-state index in [1.165, 1.54) is 6.26 Å². The highest BCUT2D eigenvalue weighted by Gasteiger charge is 2.17. The van der Waals surface area contributed by atoms with Crippen molar-refractivity contribution in [3.05, 3.63) is 12.0 Å². The monoisotopic (exact) mass is 214 g/mol. The number of hydrogen-bond donors (Lipinski definition) is 1. The minimum atomic E-state index is -0.0975. The summed E-state index contributed by atoms with van der Waals surface area (Å²) in [6.45, 7) is 5.37. The highest BCUT2D eigenvalue weighted by atomic mass is 16.5. The van der Waals surface area contributed by atoms with Gasteiger partial charge in [0, 0.05) is 13.7 Å². The van der Waals surface area contributed by atoms with E-state index in [-0.39, 0.29) is 12.6 Å². The SMILES string of the molecule is CCN(c1nc(CO)co1)C(C)COC. The van der Waals surface area contributed by atoms with Crippen molar-refractivity contribution in [2.75, 3.05) is 25.2 Å². The number of aliphatic hydroxyl groups is 1. The highest BCUT2D eigenvalue weighted by Crippen LogP contribution is 2.16. The number of ether oxygens (including phenoxy) is 1. The fraction of sp³-hybridized carbons (Fsp3) is 0.700. The molecule has 0 saturated heterocycles. The molecule has 1 aromatic rings. The van der Waals surface area contributed by atoms with Crippen LogP contribution < -0.4 is 4.90 Å². The zero-order valence-electron chi connectivity index (χ0n) is 9.43. The first-order valence-electron chi connectivity index (χ1n) is 5.03. The second kappa shape index (κ2) is 5.72. The zero-order valence-corrected chi connectivity index (χ0v) is 9.43. The van der Waals surface area contributed by atoms with E-state index in [2.05, 4.69) is 4.98 Å². The number of oxazole rings is 1. The summed E-state index contributed by atoms with van der Waals surface area (Å²) in [5.41, 5.74) is 0.549. The van der Waals surface area contributed by atoms with E-state index in [0.717, 1.165) is 6.54 Å². The van der Waals surface area contributed by atoms with Crippen molar-refractivity contribution in [3.63, 3.8) is 0 Å². The molecule has 0 aliphatic rings. The van der Waals surface area contributed by atoms with Crippen LogP contribution in [0.4, 0.5) is 6.01 Å². The maximum absolute atomic E-state index is 8.88. The summed E-state index contributed by atoms with van der Waals surface area (Å²) in [6.07, 6.45) is 1.47. The third-order valence-corrected chi connectivity index (χ3v) is 2.23. The van der Waals surface area contributed by atoms with Gasteiger partial charge in [-0.05, 0) is 13.8 Å². The van der Waals surface area contributed by atoms with Gasteiger partial charge in [0.25, 0.3) is 6.01 Å². The summed E-state index contributed by atoms with van der Waals surface area (Å²) in [5, 5.41) is 8.88. The lowest BCUT2D eigenvalue weighted by atomic mass is 10.3. The van der Waals surface area contributed by atoms with Gasteiger partial charge in [-0.15, -0.1) is 0 Å². The Balaban J connectivity index is 2.72. The smallest absolute Gasteiger partial charge is 0.297 e. The standard InChI is InChI=1S/C10H18N2O3/c1-4-12(8(2)6-14-3)10-11-9(5-13)7-15-10/h7-8,13H,4-6H2,1-3H3. The molecular formula is C10H18N2O3. The lowest BCUT2D eigenvalue weighted by Gasteiger charge is -2.25. The van der Waals surface area contributed by atoms with Crippen molar-refractivity contribution in [2.24, 2.45) is 0 Å². The van der Waals surface area contributed by atoms with Crippen LogP contribution in [0.3, 0.4) is 0 Å². The Kier molecular flexibility index (Phi) is 4.58. The first-order chi connectivity index (χ1) is 7.22. The number of rotatable bonds is 6. The number of aliphatic hydroxyl groups excluding tert-OH is 1. The summed E-state index contributed by atoms with van der Waals surface area (Å²) in [4.78, 5) is 6.15. The Bertz CT molecular complexity index is 288. The molecule has 0 radical (unpaired) electrons. The Labute approximate surface area is 89.7 Å². The minimum Gasteiger partial charge on any atom is -0.432 e. The molecule has 0 spiro atoms. The van der Waals surface area contributed by atoms with E-state index in [9.17, 15) is 0 Å². The molecule has 0 amide bonds. The lowest BCUT2D eigenvalue weighted by Crippen LogP contribution is -2.36. The molecular weight excluding hydrogens is 196 g/mol. The largest absolute Gasteiger partial charge is 0.432 e. The molecule has 1 heterocycles. The van der Waals surface area contributed by atoms with Crippen LogP contribution in [-0.2, 0) is 11.3 Å². The fourth-order valence-corrected chi connectivity index (χ4v) is 1.47. The Morgan fingerprint density at radius 3 is 2.87 bits per heavy atom. The average molecular weight is 214 g/mol. The predicted octanol–water partition coefficient (Wildman–Crippen LogP) is 1.03. The summed E-state index contributed by atoms with van der Waals surface area (Å²) in [5.74, 6) is 0. The van der Waals surface area contributed by atoms with Crippen LogP contribution in [-0.4, -0.2) is 36.4 Å². The fourth-order valence-electron chi connectivity index (χ4n) is 1.47. The summed E-state index contributed by atoms with van der Waals surface area (Å²) in [6, 6.07) is 0.733. The molecule has 1 unspecified atom stereocenters. The van der Waals surface area contributed by atoms with Crippen LogP contribution >= 0.6 is 0 Å². The zero-order chi connectivity index (χ0) is 11.3. The van der Waals surface area contributed by atoms with Crippen LogP contribution in [0.2, 0.25) is 0 Å². The normalized spacial score (nSPS) is 12.8. The van der Waals surface area contributed by atoms with Gasteiger partial charge in [0.1, 0.15) is 12.0 Å². The molecule has 0 saturated carbocycles. The quantitative estimate of drug-likeness (QED) is 0.766. The average Bonchev–Trinajstić information content (AvgIpc) is 2.68. The minimum absolute atomic E-state index is 0.0975. The van der Waals surface area contributed by atoms with Crippen molar-refractivity contribution < 1.29 is 14.3 Å². The molecule has 0 bridgehead atoms. The molecule has 0 aliphatic heterocycles. The Morgan fingerprint density at radius 2 is 2.40 bits per heavy atom. The van der Waals surface area contributed by atoms with E-state index in [4.69, 9.17) is 14.3 Å². The third-order valence-electron chi connectivity index (χ3n) is 2.23. The van der Waals surface area contributed by atoms with Gasteiger partial charge >= 0.3 is 0 Å². The third kappa shape index (κ3) is 2.94. The number of methoxy groups -OCH3 is 1. The number of nitrogens with zero attached hydrogens (tertiary/aromatic N) is 2. The van der Waals surface area contributed by atoms with Gasteiger partial charge < -0.3 is 19.2 Å². The summed E-state index contributed by atoms with van der Waals surface area (Å²) < 4.78 is 10.4. The van der Waals surface area contributed by atoms with Crippen molar-refractivity contribution in [1.82, 2.24) is 4.98 Å². The first-order valence-corrected chi connectivity index (χ1v) is 5.03. The molecule has 1 aromatic heterocycles. The van der Waals surface area contributed by atoms with E-state index in [0.29, 0.717) is 18.3 Å². The van der Waals surface area contributed by atoms with Gasteiger partial charge in [0.05, 0.1) is 19.3 Å². The van der Waals surface area contributed by atoms with Crippen LogP contribution in [0.1, 0.15) is 19.5 Å². The first kappa shape index (κ1) is 12.0. The maximum Gasteiger partial charge on any atom is 0.297 e. The number of anilines is 1. The Morgan fingerprint density at radius 1 is 1.67 bits per heavy atom. The predicted molar refractivity (Wildman–Crippen MR) is 56.8 cm³/mol. The maximum atomic E-state index is 8.88. The van der Waals surface area contributed by atoms with E-state index in [1.54, 1.807) is 7.11 Å². The molecule has 15 heavy (non-hydrogen) atoms. The van der Waals surface area contributed by atoms with Gasteiger partial charge in [-0.2, -0.15) is 4.98 Å². The van der Waals surface area contributed by atoms with Crippen molar-refractivity contribution >= 4 is 6.01 Å². The molecule has 0 aliphatic carbocycles. The molecule has 5 nitrogen and oxygen atoms in total. The number of likely N-dealkylation sites (N-methyl/N-ethyl adjacent to an activating group) is 1. The van der Waals surface area contributed by atoms with Gasteiger partial charge in [0.2, 0.25) is 0 Å². The topological polar surface area (TPSA) is 58.7 Å². The van der Waals surface area contributed by atoms with Crippen molar-refractivity contribution in [3.8, 4) is 0 Å². The molecule has 1 rings (SSSR count). The van der Waals surface area contributed by atoms with E-state index in [1.807, 2.05) is 18.7 Å². The number of hydrogen-bond acceptors (Lipinski definition) is 5. The van der Waals surface area contributed by atoms with Crippen LogP contribution in [0.15, 0.2) is 10.7 Å². The molecule has 1 atom stereocenters. The van der Waals surface area contributed by atoms with Crippen LogP contribution in [0.25, 0.3) is 0 Å². The molecule has 86 valence electrons. The highest BCUT2D eigenvalue weighted by molar-refractivity contribution is 5.28. The van der Waals surface area contributed by atoms with E-state index >= 15 is 0 Å². The van der Waals surface area contributed by atoms with Crippen molar-refractivity contribution in [2.45, 2.75) is 26.5 Å². The van der Waals surface area contributed by atoms with Gasteiger partial charge in [-0.3, -0.25) is 0 Å². The second-order valence-corrected chi connectivity index (χ2v) is 3.37. The van der Waals surface area contributed by atoms with Gasteiger partial charge in [0.15, 0.2) is 0 Å². The van der Waals surface area contributed by atoms with Crippen LogP contribution in [0.5, 0.6) is 0 Å². The van der Waals surface area contributed by atoms with E-state index < -0.39 is 0 Å². The molecule has 1 N–H and O–H groups in total. The Hall–Kier alpha value is -1.07. The van der Waals surface area contributed by atoms with Gasteiger partial charge in [-0.1, -0.05) is 0 Å². The number of aromatic nitrogens is 1.